The Bertz CT molecular complexity index is 719. The molecule has 0 aliphatic heterocycles. The van der Waals surface area contributed by atoms with Gasteiger partial charge in [0.2, 0.25) is 0 Å². The molecule has 0 heterocycles. The van der Waals surface area contributed by atoms with Gasteiger partial charge >= 0.3 is 5.97 Å². The van der Waals surface area contributed by atoms with Crippen molar-refractivity contribution in [1.29, 1.82) is 5.26 Å². The molecule has 2 rings (SSSR count). The molecule has 0 aliphatic rings. The van der Waals surface area contributed by atoms with Crippen LogP contribution in [0.25, 0.3) is 0 Å². The molecule has 0 fully saturated rings. The van der Waals surface area contributed by atoms with Gasteiger partial charge in [0.15, 0.2) is 6.61 Å². The molecule has 0 atom stereocenters. The van der Waals surface area contributed by atoms with E-state index in [-0.39, 0.29) is 6.61 Å². The Balaban J connectivity index is 1.79. The van der Waals surface area contributed by atoms with E-state index >= 15 is 0 Å². The molecule has 0 radical (unpaired) electrons. The molecule has 0 unspecified atom stereocenters. The Morgan fingerprint density at radius 3 is 2.40 bits per heavy atom. The number of rotatable bonds is 9. The van der Waals surface area contributed by atoms with Gasteiger partial charge in [-0.05, 0) is 42.8 Å². The highest BCUT2D eigenvalue weighted by molar-refractivity contribution is 5.74. The molecule has 0 saturated heterocycles. The molecule has 0 amide bonds. The van der Waals surface area contributed by atoms with Gasteiger partial charge in [0.25, 0.3) is 0 Å². The first-order valence-electron chi connectivity index (χ1n) is 8.27. The van der Waals surface area contributed by atoms with Gasteiger partial charge in [0, 0.05) is 6.07 Å². The Hall–Kier alpha value is -3.00. The second-order valence-electron chi connectivity index (χ2n) is 5.43. The maximum Gasteiger partial charge on any atom is 0.349 e. The summed E-state index contributed by atoms with van der Waals surface area (Å²) in [5.41, 5.74) is 0.506. The Morgan fingerprint density at radius 2 is 1.72 bits per heavy atom. The number of nitriles is 1. The standard InChI is InChI=1S/C20H21NO4/c1-2-3-4-12-23-18-6-5-7-19(13-18)24-15-20(22)25-17-10-8-16(14-21)9-11-17/h5-11,13H,2-4,12,15H2,1H3. The van der Waals surface area contributed by atoms with E-state index in [4.69, 9.17) is 19.5 Å². The fourth-order valence-corrected chi connectivity index (χ4v) is 2.10. The van der Waals surface area contributed by atoms with E-state index in [1.807, 2.05) is 18.2 Å². The van der Waals surface area contributed by atoms with Crippen molar-refractivity contribution in [3.8, 4) is 23.3 Å². The molecule has 5 nitrogen and oxygen atoms in total. The molecule has 2 aromatic rings. The van der Waals surface area contributed by atoms with Crippen LogP contribution in [0.2, 0.25) is 0 Å². The summed E-state index contributed by atoms with van der Waals surface area (Å²) in [5.74, 6) is 1.12. The third-order valence-corrected chi connectivity index (χ3v) is 3.39. The lowest BCUT2D eigenvalue weighted by Gasteiger charge is -2.09. The van der Waals surface area contributed by atoms with Crippen molar-refractivity contribution in [2.75, 3.05) is 13.2 Å². The first-order chi connectivity index (χ1) is 12.2. The van der Waals surface area contributed by atoms with E-state index in [2.05, 4.69) is 6.92 Å². The molecule has 25 heavy (non-hydrogen) atoms. The zero-order valence-electron chi connectivity index (χ0n) is 14.2. The topological polar surface area (TPSA) is 68.6 Å². The monoisotopic (exact) mass is 339 g/mol. The van der Waals surface area contributed by atoms with Gasteiger partial charge in [0.1, 0.15) is 17.2 Å². The van der Waals surface area contributed by atoms with Gasteiger partial charge in [0.05, 0.1) is 18.2 Å². The molecule has 5 heteroatoms. The fraction of sp³-hybridized carbons (Fsp3) is 0.300. The highest BCUT2D eigenvalue weighted by atomic mass is 16.6. The lowest BCUT2D eigenvalue weighted by Crippen LogP contribution is -2.17. The molecule has 0 aliphatic carbocycles. The van der Waals surface area contributed by atoms with Crippen LogP contribution in [0.4, 0.5) is 0 Å². The predicted octanol–water partition coefficient (Wildman–Crippen LogP) is 4.11. The number of hydrogen-bond acceptors (Lipinski definition) is 5. The zero-order valence-corrected chi connectivity index (χ0v) is 14.2. The molecule has 0 bridgehead atoms. The average molecular weight is 339 g/mol. The van der Waals surface area contributed by atoms with Crippen LogP contribution in [-0.4, -0.2) is 19.2 Å². The van der Waals surface area contributed by atoms with Crippen LogP contribution in [0.15, 0.2) is 48.5 Å². The van der Waals surface area contributed by atoms with Gasteiger partial charge in [-0.3, -0.25) is 0 Å². The molecule has 0 saturated carbocycles. The SMILES string of the molecule is CCCCCOc1cccc(OCC(=O)Oc2ccc(C#N)cc2)c1. The van der Waals surface area contributed by atoms with Crippen LogP contribution in [0.3, 0.4) is 0 Å². The second-order valence-corrected chi connectivity index (χ2v) is 5.43. The summed E-state index contributed by atoms with van der Waals surface area (Å²) in [4.78, 5) is 11.8. The van der Waals surface area contributed by atoms with Gasteiger partial charge in [-0.15, -0.1) is 0 Å². The molecule has 0 aromatic heterocycles. The van der Waals surface area contributed by atoms with Crippen molar-refractivity contribution in [3.63, 3.8) is 0 Å². The molecule has 0 N–H and O–H groups in total. The van der Waals surface area contributed by atoms with E-state index in [0.717, 1.165) is 19.3 Å². The van der Waals surface area contributed by atoms with Crippen LogP contribution in [-0.2, 0) is 4.79 Å². The van der Waals surface area contributed by atoms with E-state index in [0.29, 0.717) is 29.4 Å². The van der Waals surface area contributed by atoms with Crippen LogP contribution in [0.1, 0.15) is 31.7 Å². The third-order valence-electron chi connectivity index (χ3n) is 3.39. The van der Waals surface area contributed by atoms with E-state index < -0.39 is 5.97 Å². The minimum atomic E-state index is -0.515. The van der Waals surface area contributed by atoms with Crippen LogP contribution in [0, 0.1) is 11.3 Å². The summed E-state index contributed by atoms with van der Waals surface area (Å²) < 4.78 is 16.2. The molecular formula is C20H21NO4. The van der Waals surface area contributed by atoms with Crippen LogP contribution >= 0.6 is 0 Å². The van der Waals surface area contributed by atoms with Gasteiger partial charge in [-0.2, -0.15) is 5.26 Å². The maximum absolute atomic E-state index is 11.8. The summed E-state index contributed by atoms with van der Waals surface area (Å²) in [5, 5.41) is 8.74. The van der Waals surface area contributed by atoms with Crippen molar-refractivity contribution < 1.29 is 19.0 Å². The Morgan fingerprint density at radius 1 is 1.00 bits per heavy atom. The second kappa shape index (κ2) is 9.99. The number of ether oxygens (including phenoxy) is 3. The molecule has 130 valence electrons. The number of unbranched alkanes of at least 4 members (excludes halogenated alkanes) is 2. The largest absolute Gasteiger partial charge is 0.493 e. The minimum absolute atomic E-state index is 0.209. The number of carbonyl (C=O) groups is 1. The third kappa shape index (κ3) is 6.56. The first kappa shape index (κ1) is 18.3. The number of benzene rings is 2. The smallest absolute Gasteiger partial charge is 0.349 e. The number of hydrogen-bond donors (Lipinski definition) is 0. The normalized spacial score (nSPS) is 9.92. The lowest BCUT2D eigenvalue weighted by molar-refractivity contribution is -0.136. The van der Waals surface area contributed by atoms with Crippen molar-refractivity contribution >= 4 is 5.97 Å². The van der Waals surface area contributed by atoms with E-state index in [9.17, 15) is 4.79 Å². The van der Waals surface area contributed by atoms with Crippen molar-refractivity contribution in [2.45, 2.75) is 26.2 Å². The summed E-state index contributed by atoms with van der Waals surface area (Å²) in [7, 11) is 0. The average Bonchev–Trinajstić information content (AvgIpc) is 2.65. The van der Waals surface area contributed by atoms with Gasteiger partial charge in [-0.25, -0.2) is 4.79 Å². The predicted molar refractivity (Wildman–Crippen MR) is 93.7 cm³/mol. The highest BCUT2D eigenvalue weighted by Gasteiger charge is 2.07. The van der Waals surface area contributed by atoms with Crippen LogP contribution in [0.5, 0.6) is 17.2 Å². The molecular weight excluding hydrogens is 318 g/mol. The molecule has 2 aromatic carbocycles. The van der Waals surface area contributed by atoms with E-state index in [1.54, 1.807) is 36.4 Å². The fourth-order valence-electron chi connectivity index (χ4n) is 2.10. The zero-order chi connectivity index (χ0) is 17.9. The van der Waals surface area contributed by atoms with Gasteiger partial charge < -0.3 is 14.2 Å². The number of esters is 1. The van der Waals surface area contributed by atoms with E-state index in [1.165, 1.54) is 0 Å². The summed E-state index contributed by atoms with van der Waals surface area (Å²) in [6.45, 7) is 2.60. The van der Waals surface area contributed by atoms with Crippen molar-refractivity contribution in [3.05, 3.63) is 54.1 Å². The Labute approximate surface area is 147 Å². The van der Waals surface area contributed by atoms with Crippen molar-refractivity contribution in [2.24, 2.45) is 0 Å². The lowest BCUT2D eigenvalue weighted by atomic mass is 10.2. The van der Waals surface area contributed by atoms with Gasteiger partial charge in [-0.1, -0.05) is 25.8 Å². The Kier molecular flexibility index (Phi) is 7.33. The summed E-state index contributed by atoms with van der Waals surface area (Å²) in [6, 6.07) is 15.5. The summed E-state index contributed by atoms with van der Waals surface area (Å²) >= 11 is 0. The number of nitrogens with zero attached hydrogens (tertiary/aromatic N) is 1. The first-order valence-corrected chi connectivity index (χ1v) is 8.27. The maximum atomic E-state index is 11.8. The summed E-state index contributed by atoms with van der Waals surface area (Å²) in [6.07, 6.45) is 3.30. The van der Waals surface area contributed by atoms with Crippen molar-refractivity contribution in [1.82, 2.24) is 0 Å². The number of carbonyl (C=O) groups excluding carboxylic acids is 1. The molecule has 0 spiro atoms. The quantitative estimate of drug-likeness (QED) is 0.391. The van der Waals surface area contributed by atoms with Crippen LogP contribution < -0.4 is 14.2 Å². The minimum Gasteiger partial charge on any atom is -0.493 e. The highest BCUT2D eigenvalue weighted by Crippen LogP contribution is 2.20.